The second-order valence-electron chi connectivity index (χ2n) is 4.62. The zero-order valence-corrected chi connectivity index (χ0v) is 11.4. The molecule has 1 aromatic heterocycles. The minimum atomic E-state index is -0.911. The fourth-order valence-electron chi connectivity index (χ4n) is 2.01. The highest BCUT2D eigenvalue weighted by atomic mass is 19.1. The third-order valence-corrected chi connectivity index (χ3v) is 3.05. The van der Waals surface area contributed by atoms with Crippen LogP contribution < -0.4 is 10.6 Å². The van der Waals surface area contributed by atoms with Gasteiger partial charge >= 0.3 is 6.03 Å². The van der Waals surface area contributed by atoms with Gasteiger partial charge in [-0.1, -0.05) is 0 Å². The minimum absolute atomic E-state index is 0.0313. The van der Waals surface area contributed by atoms with Crippen LogP contribution in [0.4, 0.5) is 13.6 Å². The Bertz CT molecular complexity index is 848. The first kappa shape index (κ1) is 14.6. The van der Waals surface area contributed by atoms with E-state index in [-0.39, 0.29) is 22.7 Å². The van der Waals surface area contributed by atoms with Gasteiger partial charge in [-0.15, -0.1) is 0 Å². The quantitative estimate of drug-likeness (QED) is 0.654. The minimum Gasteiger partial charge on any atom is -0.457 e. The van der Waals surface area contributed by atoms with E-state index in [1.165, 1.54) is 18.2 Å². The number of imide groups is 2. The number of carbonyl (C=O) groups is 3. The first-order chi connectivity index (χ1) is 10.9. The van der Waals surface area contributed by atoms with Gasteiger partial charge in [-0.3, -0.25) is 20.2 Å². The molecular formula is C15H8F2N2O4. The van der Waals surface area contributed by atoms with Crippen molar-refractivity contribution >= 4 is 23.9 Å². The lowest BCUT2D eigenvalue weighted by molar-refractivity contribution is -0.123. The van der Waals surface area contributed by atoms with E-state index in [2.05, 4.69) is 0 Å². The van der Waals surface area contributed by atoms with Crippen molar-refractivity contribution in [2.45, 2.75) is 0 Å². The molecular weight excluding hydrogens is 310 g/mol. The van der Waals surface area contributed by atoms with Crippen LogP contribution >= 0.6 is 0 Å². The van der Waals surface area contributed by atoms with Crippen LogP contribution in [0.15, 0.2) is 40.3 Å². The number of hydrogen-bond acceptors (Lipinski definition) is 4. The number of benzene rings is 1. The van der Waals surface area contributed by atoms with Crippen molar-refractivity contribution in [2.75, 3.05) is 0 Å². The molecule has 1 aliphatic rings. The highest BCUT2D eigenvalue weighted by molar-refractivity contribution is 6.31. The lowest BCUT2D eigenvalue weighted by atomic mass is 10.1. The zero-order chi connectivity index (χ0) is 16.6. The molecule has 0 spiro atoms. The maximum absolute atomic E-state index is 13.7. The molecule has 2 aromatic rings. The summed E-state index contributed by atoms with van der Waals surface area (Å²) in [6.07, 6.45) is 1.11. The Morgan fingerprint density at radius 1 is 0.957 bits per heavy atom. The van der Waals surface area contributed by atoms with E-state index in [9.17, 15) is 23.2 Å². The maximum Gasteiger partial charge on any atom is 0.328 e. The Kier molecular flexibility index (Phi) is 3.49. The van der Waals surface area contributed by atoms with E-state index >= 15 is 0 Å². The van der Waals surface area contributed by atoms with Crippen molar-refractivity contribution in [1.82, 2.24) is 10.6 Å². The molecule has 8 heteroatoms. The van der Waals surface area contributed by atoms with Gasteiger partial charge in [0.1, 0.15) is 28.7 Å². The van der Waals surface area contributed by atoms with Gasteiger partial charge in [0.15, 0.2) is 0 Å². The first-order valence-corrected chi connectivity index (χ1v) is 6.37. The number of carbonyl (C=O) groups excluding carboxylic acids is 3. The molecule has 1 aromatic carbocycles. The van der Waals surface area contributed by atoms with Gasteiger partial charge in [0.05, 0.1) is 5.56 Å². The number of barbiturate groups is 1. The number of urea groups is 1. The molecule has 2 heterocycles. The smallest absolute Gasteiger partial charge is 0.328 e. The SMILES string of the molecule is O=C1NC(=O)C(=Cc2ccc(-c3ccc(F)cc3F)o2)C(=O)N1. The van der Waals surface area contributed by atoms with Gasteiger partial charge in [-0.05, 0) is 30.3 Å². The topological polar surface area (TPSA) is 88.4 Å². The van der Waals surface area contributed by atoms with Crippen LogP contribution in [0.2, 0.25) is 0 Å². The summed E-state index contributed by atoms with van der Waals surface area (Å²) < 4.78 is 31.9. The average molecular weight is 318 g/mol. The van der Waals surface area contributed by atoms with E-state index < -0.39 is 29.5 Å². The van der Waals surface area contributed by atoms with Crippen LogP contribution in [0.1, 0.15) is 5.76 Å². The molecule has 6 nitrogen and oxygen atoms in total. The van der Waals surface area contributed by atoms with Crippen LogP contribution in [0.5, 0.6) is 0 Å². The summed E-state index contributed by atoms with van der Waals surface area (Å²) in [5.41, 5.74) is -0.297. The second-order valence-corrected chi connectivity index (χ2v) is 4.62. The van der Waals surface area contributed by atoms with Gasteiger partial charge in [-0.25, -0.2) is 13.6 Å². The Labute approximate surface area is 127 Å². The van der Waals surface area contributed by atoms with Gasteiger partial charge in [0.2, 0.25) is 0 Å². The van der Waals surface area contributed by atoms with Gasteiger partial charge in [0.25, 0.3) is 11.8 Å². The Morgan fingerprint density at radius 2 is 1.65 bits per heavy atom. The van der Waals surface area contributed by atoms with Crippen molar-refractivity contribution < 1.29 is 27.6 Å². The highest BCUT2D eigenvalue weighted by Gasteiger charge is 2.28. The van der Waals surface area contributed by atoms with Crippen LogP contribution in [-0.4, -0.2) is 17.8 Å². The molecule has 0 atom stereocenters. The third kappa shape index (κ3) is 2.86. The highest BCUT2D eigenvalue weighted by Crippen LogP contribution is 2.26. The fourth-order valence-corrected chi connectivity index (χ4v) is 2.01. The first-order valence-electron chi connectivity index (χ1n) is 6.37. The lowest BCUT2D eigenvalue weighted by Crippen LogP contribution is -2.51. The van der Waals surface area contributed by atoms with E-state index in [1.54, 1.807) is 0 Å². The predicted molar refractivity (Wildman–Crippen MR) is 73.7 cm³/mol. The number of amides is 4. The summed E-state index contributed by atoms with van der Waals surface area (Å²) in [5.74, 6) is -3.08. The van der Waals surface area contributed by atoms with Gasteiger partial charge < -0.3 is 4.42 Å². The molecule has 116 valence electrons. The van der Waals surface area contributed by atoms with E-state index in [1.807, 2.05) is 10.6 Å². The Balaban J connectivity index is 1.93. The lowest BCUT2D eigenvalue weighted by Gasteiger charge is -2.13. The normalized spacial score (nSPS) is 14.5. The molecule has 1 fully saturated rings. The fraction of sp³-hybridized carbons (Fsp3) is 0. The number of hydrogen-bond donors (Lipinski definition) is 2. The molecule has 0 bridgehead atoms. The van der Waals surface area contributed by atoms with Crippen molar-refractivity contribution in [1.29, 1.82) is 0 Å². The van der Waals surface area contributed by atoms with Crippen LogP contribution in [-0.2, 0) is 9.59 Å². The third-order valence-electron chi connectivity index (χ3n) is 3.05. The van der Waals surface area contributed by atoms with E-state index in [0.717, 1.165) is 12.1 Å². The molecule has 3 rings (SSSR count). The van der Waals surface area contributed by atoms with Crippen molar-refractivity contribution in [3.63, 3.8) is 0 Å². The summed E-state index contributed by atoms with van der Waals surface area (Å²) >= 11 is 0. The Hall–Kier alpha value is -3.29. The molecule has 0 unspecified atom stereocenters. The number of halogens is 2. The van der Waals surface area contributed by atoms with Crippen LogP contribution in [0.25, 0.3) is 17.4 Å². The maximum atomic E-state index is 13.7. The van der Waals surface area contributed by atoms with Crippen LogP contribution in [0.3, 0.4) is 0 Å². The summed E-state index contributed by atoms with van der Waals surface area (Å²) in [4.78, 5) is 34.1. The Morgan fingerprint density at radius 3 is 2.30 bits per heavy atom. The van der Waals surface area contributed by atoms with E-state index in [4.69, 9.17) is 4.42 Å². The van der Waals surface area contributed by atoms with Crippen LogP contribution in [0, 0.1) is 11.6 Å². The van der Waals surface area contributed by atoms with Gasteiger partial charge in [-0.2, -0.15) is 0 Å². The summed E-state index contributed by atoms with van der Waals surface area (Å²) in [6, 6.07) is 4.90. The molecule has 23 heavy (non-hydrogen) atoms. The summed E-state index contributed by atoms with van der Waals surface area (Å²) in [5, 5.41) is 3.82. The average Bonchev–Trinajstić information content (AvgIpc) is 2.91. The molecule has 1 aliphatic heterocycles. The largest absolute Gasteiger partial charge is 0.457 e. The molecule has 0 saturated carbocycles. The van der Waals surface area contributed by atoms with Crippen molar-refractivity contribution in [2.24, 2.45) is 0 Å². The predicted octanol–water partition coefficient (Wildman–Crippen LogP) is 1.97. The van der Waals surface area contributed by atoms with Gasteiger partial charge in [0, 0.05) is 6.07 Å². The molecule has 1 saturated heterocycles. The monoisotopic (exact) mass is 318 g/mol. The number of nitrogens with one attached hydrogen (secondary N) is 2. The number of furan rings is 1. The zero-order valence-electron chi connectivity index (χ0n) is 11.4. The molecule has 0 aliphatic carbocycles. The standard InChI is InChI=1S/C15H8F2N2O4/c16-7-1-3-9(11(17)5-7)12-4-2-8(23-12)6-10-13(20)18-15(22)19-14(10)21/h1-6H,(H2,18,19,20,21,22). The summed E-state index contributed by atoms with van der Waals surface area (Å²) in [6.45, 7) is 0. The molecule has 0 radical (unpaired) electrons. The van der Waals surface area contributed by atoms with Crippen molar-refractivity contribution in [3.05, 3.63) is 53.3 Å². The molecule has 2 N–H and O–H groups in total. The molecule has 4 amide bonds. The van der Waals surface area contributed by atoms with E-state index in [0.29, 0.717) is 6.07 Å². The summed E-state index contributed by atoms with van der Waals surface area (Å²) in [7, 11) is 0. The number of rotatable bonds is 2. The van der Waals surface area contributed by atoms with Crippen molar-refractivity contribution in [3.8, 4) is 11.3 Å². The second kappa shape index (κ2) is 5.48.